The van der Waals surface area contributed by atoms with Gasteiger partial charge in [-0.25, -0.2) is 0 Å². The van der Waals surface area contributed by atoms with Crippen LogP contribution in [0.2, 0.25) is 0 Å². The molecule has 4 fully saturated rings. The van der Waals surface area contributed by atoms with Crippen LogP contribution in [0.15, 0.2) is 10.7 Å². The van der Waals surface area contributed by atoms with Crippen LogP contribution in [0.25, 0.3) is 0 Å². The summed E-state index contributed by atoms with van der Waals surface area (Å²) < 4.78 is 12.2. The summed E-state index contributed by atoms with van der Waals surface area (Å²) in [5, 5.41) is 4.22. The summed E-state index contributed by atoms with van der Waals surface area (Å²) in [5.41, 5.74) is 1.67. The lowest BCUT2D eigenvalue weighted by Gasteiger charge is -2.72. The number of Topliss-reactive ketones (excluding diaryl/α,β-unsaturated/α-hetero) is 1. The number of carbonyl (C=O) groups is 1. The molecular formula is C31H47NO3. The van der Waals surface area contributed by atoms with Gasteiger partial charge in [0.15, 0.2) is 0 Å². The van der Waals surface area contributed by atoms with Crippen LogP contribution in [0.5, 0.6) is 0 Å². The molecule has 1 aromatic rings. The number of hydrogen-bond acceptors (Lipinski definition) is 4. The molecule has 5 aliphatic carbocycles. The number of ether oxygens (including phenoxy) is 1. The van der Waals surface area contributed by atoms with Crippen LogP contribution in [0.3, 0.4) is 0 Å². The molecule has 6 rings (SSSR count). The van der Waals surface area contributed by atoms with Crippen LogP contribution in [-0.4, -0.2) is 23.7 Å². The predicted octanol–water partition coefficient (Wildman–Crippen LogP) is 7.15. The second kappa shape index (κ2) is 7.03. The third-order valence-corrected chi connectivity index (χ3v) is 13.3. The maximum atomic E-state index is 14.4. The van der Waals surface area contributed by atoms with Crippen molar-refractivity contribution in [2.24, 2.45) is 45.3 Å². The van der Waals surface area contributed by atoms with E-state index in [-0.39, 0.29) is 38.6 Å². The van der Waals surface area contributed by atoms with Crippen molar-refractivity contribution >= 4 is 5.78 Å². The van der Waals surface area contributed by atoms with Crippen molar-refractivity contribution in [1.29, 1.82) is 0 Å². The molecule has 0 aromatic carbocycles. The average Bonchev–Trinajstić information content (AvgIpc) is 3.24. The van der Waals surface area contributed by atoms with E-state index in [1.54, 1.807) is 0 Å². The number of carbonyl (C=O) groups excluding carboxylic acids is 1. The Morgan fingerprint density at radius 3 is 2.37 bits per heavy atom. The Morgan fingerprint density at radius 2 is 1.66 bits per heavy atom. The van der Waals surface area contributed by atoms with Gasteiger partial charge < -0.3 is 9.26 Å². The zero-order valence-corrected chi connectivity index (χ0v) is 23.4. The molecule has 8 atom stereocenters. The van der Waals surface area contributed by atoms with Gasteiger partial charge in [-0.1, -0.05) is 53.6 Å². The van der Waals surface area contributed by atoms with Crippen LogP contribution < -0.4 is 0 Å². The fraction of sp³-hybridized carbons (Fsp3) is 0.871. The SMILES string of the molecule is CO[C@]12CCC(C)(C)C[C@H]1[C@H]1C(=O)C[C@@H]3[C@@]4(C)Cc5cnoc5C(C)(C)[C@@H]4CC[C@@]3(C)[C@]1(C)CC2. The number of ketones is 1. The molecule has 4 heteroatoms. The minimum absolute atomic E-state index is 0.0279. The highest BCUT2D eigenvalue weighted by Crippen LogP contribution is 2.75. The Kier molecular flexibility index (Phi) is 4.86. The molecule has 0 amide bonds. The largest absolute Gasteiger partial charge is 0.378 e. The van der Waals surface area contributed by atoms with Crippen molar-refractivity contribution in [3.05, 3.63) is 17.5 Å². The summed E-state index contributed by atoms with van der Waals surface area (Å²) in [5.74, 6) is 3.00. The highest BCUT2D eigenvalue weighted by molar-refractivity contribution is 5.84. The molecule has 0 aliphatic heterocycles. The van der Waals surface area contributed by atoms with Crippen molar-refractivity contribution in [3.8, 4) is 0 Å². The Bertz CT molecular complexity index is 1060. The minimum atomic E-state index is -0.107. The summed E-state index contributed by atoms with van der Waals surface area (Å²) in [6.07, 6.45) is 11.7. The molecule has 194 valence electrons. The molecule has 0 saturated heterocycles. The average molecular weight is 482 g/mol. The first-order valence-electron chi connectivity index (χ1n) is 14.3. The van der Waals surface area contributed by atoms with Gasteiger partial charge in [0.25, 0.3) is 0 Å². The van der Waals surface area contributed by atoms with Crippen molar-refractivity contribution in [1.82, 2.24) is 5.16 Å². The highest BCUT2D eigenvalue weighted by Gasteiger charge is 2.72. The highest BCUT2D eigenvalue weighted by atomic mass is 16.5. The Balaban J connectivity index is 1.45. The van der Waals surface area contributed by atoms with E-state index in [2.05, 4.69) is 53.6 Å². The molecule has 1 heterocycles. The molecule has 0 spiro atoms. The molecule has 0 N–H and O–H groups in total. The lowest BCUT2D eigenvalue weighted by molar-refractivity contribution is -0.246. The lowest BCUT2D eigenvalue weighted by atomic mass is 9.32. The Morgan fingerprint density at radius 1 is 0.943 bits per heavy atom. The smallest absolute Gasteiger partial charge is 0.145 e. The quantitative estimate of drug-likeness (QED) is 0.427. The zero-order chi connectivity index (χ0) is 25.2. The van der Waals surface area contributed by atoms with E-state index < -0.39 is 0 Å². The fourth-order valence-electron chi connectivity index (χ4n) is 11.3. The summed E-state index contributed by atoms with van der Waals surface area (Å²) in [6, 6.07) is 0. The van der Waals surface area contributed by atoms with Gasteiger partial charge >= 0.3 is 0 Å². The van der Waals surface area contributed by atoms with Crippen molar-refractivity contribution in [3.63, 3.8) is 0 Å². The fourth-order valence-corrected chi connectivity index (χ4v) is 11.3. The molecular weight excluding hydrogens is 434 g/mol. The van der Waals surface area contributed by atoms with E-state index in [1.165, 1.54) is 24.8 Å². The van der Waals surface area contributed by atoms with Crippen LogP contribution in [0, 0.1) is 45.3 Å². The van der Waals surface area contributed by atoms with E-state index in [4.69, 9.17) is 9.26 Å². The molecule has 0 unspecified atom stereocenters. The van der Waals surface area contributed by atoms with E-state index in [9.17, 15) is 4.79 Å². The first-order chi connectivity index (χ1) is 16.2. The van der Waals surface area contributed by atoms with E-state index >= 15 is 0 Å². The van der Waals surface area contributed by atoms with Gasteiger partial charge in [0.05, 0.1) is 11.8 Å². The molecule has 5 aliphatic rings. The number of rotatable bonds is 1. The maximum absolute atomic E-state index is 14.4. The van der Waals surface area contributed by atoms with Crippen LogP contribution in [0.4, 0.5) is 0 Å². The topological polar surface area (TPSA) is 52.3 Å². The predicted molar refractivity (Wildman–Crippen MR) is 137 cm³/mol. The summed E-state index contributed by atoms with van der Waals surface area (Å²) in [6.45, 7) is 17.1. The molecule has 0 bridgehead atoms. The maximum Gasteiger partial charge on any atom is 0.145 e. The number of hydrogen-bond donors (Lipinski definition) is 0. The molecule has 1 aromatic heterocycles. The summed E-state index contributed by atoms with van der Waals surface area (Å²) >= 11 is 0. The van der Waals surface area contributed by atoms with Crippen LogP contribution in [-0.2, 0) is 21.4 Å². The van der Waals surface area contributed by atoms with Crippen LogP contribution in [0.1, 0.15) is 111 Å². The Hall–Kier alpha value is -1.16. The monoisotopic (exact) mass is 481 g/mol. The first-order valence-corrected chi connectivity index (χ1v) is 14.3. The van der Waals surface area contributed by atoms with E-state index in [1.807, 2.05) is 13.3 Å². The summed E-state index contributed by atoms with van der Waals surface area (Å²) in [7, 11) is 1.92. The standard InChI is InChI=1S/C31H47NO3/c1-26(2)11-13-31(34-8)14-12-30(7)24(20(31)17-26)21(33)15-23-28(5)16-19-18-32-35-25(19)27(3,4)22(28)9-10-29(23,30)6/h18,20,22-24H,9-17H2,1-8H3/t20-,22-,23+,24-,28-,29+,30+,31-/m0/s1. The molecule has 35 heavy (non-hydrogen) atoms. The van der Waals surface area contributed by atoms with Crippen molar-refractivity contribution < 1.29 is 14.1 Å². The van der Waals surface area contributed by atoms with Gasteiger partial charge in [0.1, 0.15) is 11.5 Å². The van der Waals surface area contributed by atoms with Crippen LogP contribution >= 0.6 is 0 Å². The molecule has 4 saturated carbocycles. The van der Waals surface area contributed by atoms with Gasteiger partial charge in [-0.15, -0.1) is 0 Å². The third-order valence-electron chi connectivity index (χ3n) is 13.3. The van der Waals surface area contributed by atoms with Gasteiger partial charge in [-0.3, -0.25) is 4.79 Å². The molecule has 0 radical (unpaired) electrons. The van der Waals surface area contributed by atoms with E-state index in [0.717, 1.165) is 44.3 Å². The summed E-state index contributed by atoms with van der Waals surface area (Å²) in [4.78, 5) is 14.4. The minimum Gasteiger partial charge on any atom is -0.378 e. The van der Waals surface area contributed by atoms with Gasteiger partial charge in [0.2, 0.25) is 0 Å². The Labute approximate surface area is 212 Å². The zero-order valence-electron chi connectivity index (χ0n) is 23.4. The van der Waals surface area contributed by atoms with Crippen molar-refractivity contribution in [2.75, 3.05) is 7.11 Å². The second-order valence-electron chi connectivity index (χ2n) is 15.5. The number of nitrogens with zero attached hydrogens (tertiary/aromatic N) is 1. The second-order valence-corrected chi connectivity index (χ2v) is 15.5. The number of methoxy groups -OCH3 is 1. The number of aromatic nitrogens is 1. The first kappa shape index (κ1) is 24.2. The normalized spacial score (nSPS) is 49.8. The lowest BCUT2D eigenvalue weighted by Crippen LogP contribution is -2.70. The van der Waals surface area contributed by atoms with Gasteiger partial charge in [-0.05, 0) is 90.8 Å². The van der Waals surface area contributed by atoms with Crippen molar-refractivity contribution in [2.45, 2.75) is 117 Å². The third kappa shape index (κ3) is 2.84. The number of fused-ring (bicyclic) bond motifs is 8. The van der Waals surface area contributed by atoms with Gasteiger partial charge in [-0.2, -0.15) is 0 Å². The molecule has 4 nitrogen and oxygen atoms in total. The van der Waals surface area contributed by atoms with E-state index in [0.29, 0.717) is 23.5 Å². The van der Waals surface area contributed by atoms with Gasteiger partial charge in [0, 0.05) is 30.4 Å².